The number of hydrogen-bond donors (Lipinski definition) is 0. The van der Waals surface area contributed by atoms with Gasteiger partial charge < -0.3 is 14.5 Å². The van der Waals surface area contributed by atoms with Crippen LogP contribution in [-0.4, -0.2) is 46.7 Å². The number of piperidine rings is 1. The predicted molar refractivity (Wildman–Crippen MR) is 159 cm³/mol. The summed E-state index contributed by atoms with van der Waals surface area (Å²) in [5.41, 5.74) is 5.05. The van der Waals surface area contributed by atoms with Crippen LogP contribution in [0.4, 0.5) is 5.69 Å². The van der Waals surface area contributed by atoms with Crippen molar-refractivity contribution in [2.24, 2.45) is 5.41 Å². The number of nitrogens with zero attached hydrogens (tertiary/aromatic N) is 4. The molecule has 3 aliphatic rings. The smallest absolute Gasteiger partial charge is 0.259 e. The highest BCUT2D eigenvalue weighted by Gasteiger charge is 2.42. The molecule has 2 fully saturated rings. The van der Waals surface area contributed by atoms with Gasteiger partial charge in [0.2, 0.25) is 5.91 Å². The number of likely N-dealkylation sites (tertiary alicyclic amines) is 1. The molecule has 1 aliphatic carbocycles. The van der Waals surface area contributed by atoms with Gasteiger partial charge in [-0.1, -0.05) is 43.7 Å². The zero-order chi connectivity index (χ0) is 28.1. The van der Waals surface area contributed by atoms with Gasteiger partial charge in [-0.3, -0.25) is 14.3 Å². The third-order valence-corrected chi connectivity index (χ3v) is 9.59. The predicted octanol–water partition coefficient (Wildman–Crippen LogP) is 6.15. The molecule has 0 unspecified atom stereocenters. The molecule has 2 aliphatic heterocycles. The van der Waals surface area contributed by atoms with Crippen molar-refractivity contribution in [3.05, 3.63) is 89.2 Å². The van der Waals surface area contributed by atoms with Gasteiger partial charge in [0.1, 0.15) is 5.75 Å². The largest absolute Gasteiger partial charge is 0.497 e. The van der Waals surface area contributed by atoms with E-state index in [0.29, 0.717) is 24.9 Å². The number of carbonyl (C=O) groups excluding carboxylic acids is 2. The third kappa shape index (κ3) is 4.48. The van der Waals surface area contributed by atoms with Gasteiger partial charge in [-0.05, 0) is 77.9 Å². The summed E-state index contributed by atoms with van der Waals surface area (Å²) in [5, 5.41) is 6.84. The van der Waals surface area contributed by atoms with Crippen LogP contribution in [0.5, 0.6) is 5.75 Å². The zero-order valence-electron chi connectivity index (χ0n) is 23.8. The zero-order valence-corrected chi connectivity index (χ0v) is 23.8. The SMILES string of the molecule is COc1ccc(CN2C(=O)c3cccc4c(Cn5cc(C6CCN(C(=O)C7(C)CCC7)CC6)cn5)ccc2c34)cc1. The Morgan fingerprint density at radius 2 is 1.80 bits per heavy atom. The fourth-order valence-electron chi connectivity index (χ4n) is 6.88. The summed E-state index contributed by atoms with van der Waals surface area (Å²) in [6, 6.07) is 18.1. The first-order valence-electron chi connectivity index (χ1n) is 14.7. The average molecular weight is 549 g/mol. The number of amides is 2. The van der Waals surface area contributed by atoms with E-state index in [1.807, 2.05) is 52.2 Å². The number of benzene rings is 3. The second-order valence-electron chi connectivity index (χ2n) is 12.2. The topological polar surface area (TPSA) is 67.7 Å². The molecule has 3 aromatic carbocycles. The van der Waals surface area contributed by atoms with E-state index in [1.54, 1.807) is 7.11 Å². The molecule has 0 N–H and O–H groups in total. The van der Waals surface area contributed by atoms with Gasteiger partial charge in [0, 0.05) is 35.7 Å². The molecular formula is C34H36N4O3. The van der Waals surface area contributed by atoms with Crippen molar-refractivity contribution in [2.75, 3.05) is 25.1 Å². The summed E-state index contributed by atoms with van der Waals surface area (Å²) in [4.78, 5) is 30.4. The summed E-state index contributed by atoms with van der Waals surface area (Å²) in [6.45, 7) is 4.95. The molecule has 7 nitrogen and oxygen atoms in total. The van der Waals surface area contributed by atoms with E-state index in [-0.39, 0.29) is 11.3 Å². The lowest BCUT2D eigenvalue weighted by molar-refractivity contribution is -0.147. The van der Waals surface area contributed by atoms with Gasteiger partial charge in [0.15, 0.2) is 0 Å². The van der Waals surface area contributed by atoms with Crippen LogP contribution in [0.15, 0.2) is 67.0 Å². The number of anilines is 1. The summed E-state index contributed by atoms with van der Waals surface area (Å²) >= 11 is 0. The van der Waals surface area contributed by atoms with Gasteiger partial charge in [-0.15, -0.1) is 0 Å². The number of carbonyl (C=O) groups is 2. The van der Waals surface area contributed by atoms with Gasteiger partial charge >= 0.3 is 0 Å². The van der Waals surface area contributed by atoms with Crippen LogP contribution < -0.4 is 9.64 Å². The Kier molecular flexibility index (Phi) is 6.33. The van der Waals surface area contributed by atoms with Crippen molar-refractivity contribution < 1.29 is 14.3 Å². The summed E-state index contributed by atoms with van der Waals surface area (Å²) in [5.74, 6) is 1.62. The molecule has 0 radical (unpaired) electrons. The second kappa shape index (κ2) is 10.1. The van der Waals surface area contributed by atoms with Crippen molar-refractivity contribution in [1.82, 2.24) is 14.7 Å². The number of ether oxygens (including phenoxy) is 1. The number of rotatable bonds is 7. The third-order valence-electron chi connectivity index (χ3n) is 9.59. The molecule has 41 heavy (non-hydrogen) atoms. The molecular weight excluding hydrogens is 512 g/mol. The van der Waals surface area contributed by atoms with Gasteiger partial charge in [-0.2, -0.15) is 5.10 Å². The first-order chi connectivity index (χ1) is 19.9. The van der Waals surface area contributed by atoms with E-state index in [1.165, 1.54) is 12.0 Å². The molecule has 7 rings (SSSR count). The fourth-order valence-corrected chi connectivity index (χ4v) is 6.88. The lowest BCUT2D eigenvalue weighted by atomic mass is 9.69. The molecule has 1 saturated heterocycles. The highest BCUT2D eigenvalue weighted by molar-refractivity contribution is 6.25. The summed E-state index contributed by atoms with van der Waals surface area (Å²) in [6.07, 6.45) is 9.38. The first-order valence-corrected chi connectivity index (χ1v) is 14.7. The van der Waals surface area contributed by atoms with Crippen molar-refractivity contribution in [2.45, 2.75) is 58.0 Å². The van der Waals surface area contributed by atoms with E-state index in [0.717, 1.165) is 77.7 Å². The number of methoxy groups -OCH3 is 1. The lowest BCUT2D eigenvalue weighted by Crippen LogP contribution is -2.48. The van der Waals surface area contributed by atoms with Gasteiger partial charge in [0.05, 0.1) is 32.1 Å². The highest BCUT2D eigenvalue weighted by Crippen LogP contribution is 2.43. The Morgan fingerprint density at radius 1 is 1.02 bits per heavy atom. The Morgan fingerprint density at radius 3 is 2.51 bits per heavy atom. The Labute approximate surface area is 240 Å². The molecule has 210 valence electrons. The molecule has 7 heteroatoms. The summed E-state index contributed by atoms with van der Waals surface area (Å²) in [7, 11) is 1.65. The highest BCUT2D eigenvalue weighted by atomic mass is 16.5. The minimum atomic E-state index is -0.116. The molecule has 0 bridgehead atoms. The van der Waals surface area contributed by atoms with E-state index >= 15 is 0 Å². The molecule has 1 saturated carbocycles. The van der Waals surface area contributed by atoms with Crippen LogP contribution in [-0.2, 0) is 17.9 Å². The van der Waals surface area contributed by atoms with Gasteiger partial charge in [0.25, 0.3) is 5.91 Å². The van der Waals surface area contributed by atoms with E-state index in [4.69, 9.17) is 9.84 Å². The first kappa shape index (κ1) is 25.8. The van der Waals surface area contributed by atoms with Crippen LogP contribution in [0.1, 0.15) is 72.0 Å². The van der Waals surface area contributed by atoms with Crippen LogP contribution in [0.2, 0.25) is 0 Å². The van der Waals surface area contributed by atoms with E-state index < -0.39 is 0 Å². The maximum atomic E-state index is 13.5. The molecule has 1 aromatic heterocycles. The molecule has 0 atom stereocenters. The normalized spacial score (nSPS) is 18.1. The molecule has 3 heterocycles. The molecule has 2 amide bonds. The molecule has 4 aromatic rings. The lowest BCUT2D eigenvalue weighted by Gasteiger charge is -2.43. The standard InChI is InChI=1S/C34H36N4O3/c1-34(15-4-16-34)33(40)36-17-13-24(14-18-36)26-19-35-37(22-26)21-25-9-12-30-31-28(25)5-3-6-29(31)32(39)38(30)20-23-7-10-27(41-2)11-8-23/h3,5-12,19,22,24H,4,13-18,20-21H2,1-2H3. The van der Waals surface area contributed by atoms with Gasteiger partial charge in [-0.25, -0.2) is 0 Å². The van der Waals surface area contributed by atoms with Crippen molar-refractivity contribution in [3.8, 4) is 5.75 Å². The van der Waals surface area contributed by atoms with E-state index in [2.05, 4.69) is 36.2 Å². The monoisotopic (exact) mass is 548 g/mol. The Bertz CT molecular complexity index is 1630. The Hall–Kier alpha value is -4.13. The van der Waals surface area contributed by atoms with Crippen LogP contribution in [0, 0.1) is 5.41 Å². The maximum Gasteiger partial charge on any atom is 0.259 e. The summed E-state index contributed by atoms with van der Waals surface area (Å²) < 4.78 is 7.30. The number of aromatic nitrogens is 2. The minimum Gasteiger partial charge on any atom is -0.497 e. The average Bonchev–Trinajstić information content (AvgIpc) is 3.57. The van der Waals surface area contributed by atoms with Crippen LogP contribution >= 0.6 is 0 Å². The van der Waals surface area contributed by atoms with E-state index in [9.17, 15) is 9.59 Å². The maximum absolute atomic E-state index is 13.5. The van der Waals surface area contributed by atoms with Crippen LogP contribution in [0.25, 0.3) is 10.8 Å². The van der Waals surface area contributed by atoms with Crippen molar-refractivity contribution in [1.29, 1.82) is 0 Å². The Balaban J connectivity index is 1.07. The molecule has 0 spiro atoms. The van der Waals surface area contributed by atoms with Crippen molar-refractivity contribution in [3.63, 3.8) is 0 Å². The van der Waals surface area contributed by atoms with Crippen molar-refractivity contribution >= 4 is 28.3 Å². The number of hydrogen-bond acceptors (Lipinski definition) is 4. The fraction of sp³-hybridized carbons (Fsp3) is 0.382. The second-order valence-corrected chi connectivity index (χ2v) is 12.2. The quantitative estimate of drug-likeness (QED) is 0.278. The minimum absolute atomic E-state index is 0.0380. The van der Waals surface area contributed by atoms with Crippen LogP contribution in [0.3, 0.4) is 0 Å².